The third kappa shape index (κ3) is 1.88. The Kier molecular flexibility index (Phi) is 3.12. The Morgan fingerprint density at radius 2 is 2.00 bits per heavy atom. The SMILES string of the molecule is C[C@]12CC[C@@H]3c4cc(=O)c(O)ccc4CC[C@H]3[C@@H]1CC[C@@H]2O. The molecule has 3 heteroatoms. The van der Waals surface area contributed by atoms with E-state index in [0.29, 0.717) is 17.8 Å². The van der Waals surface area contributed by atoms with Gasteiger partial charge < -0.3 is 10.2 Å². The van der Waals surface area contributed by atoms with E-state index >= 15 is 0 Å². The van der Waals surface area contributed by atoms with Gasteiger partial charge in [0.15, 0.2) is 5.75 Å². The first-order valence-electron chi connectivity index (χ1n) is 8.55. The summed E-state index contributed by atoms with van der Waals surface area (Å²) >= 11 is 0. The van der Waals surface area contributed by atoms with Gasteiger partial charge in [0.25, 0.3) is 0 Å². The highest BCUT2D eigenvalue weighted by Crippen LogP contribution is 2.60. The third-order valence-corrected chi connectivity index (χ3v) is 6.89. The van der Waals surface area contributed by atoms with Gasteiger partial charge in [-0.05, 0) is 85.0 Å². The summed E-state index contributed by atoms with van der Waals surface area (Å²) in [5.74, 6) is 1.42. The average molecular weight is 300 g/mol. The van der Waals surface area contributed by atoms with Crippen LogP contribution in [-0.4, -0.2) is 16.3 Å². The first kappa shape index (κ1) is 14.3. The molecule has 3 nitrogen and oxygen atoms in total. The van der Waals surface area contributed by atoms with E-state index in [1.165, 1.54) is 5.56 Å². The zero-order valence-electron chi connectivity index (χ0n) is 13.1. The van der Waals surface area contributed by atoms with Crippen LogP contribution in [0.4, 0.5) is 0 Å². The molecule has 0 aromatic heterocycles. The fourth-order valence-corrected chi connectivity index (χ4v) is 5.61. The van der Waals surface area contributed by atoms with Gasteiger partial charge in [0.1, 0.15) is 0 Å². The molecule has 1 aromatic carbocycles. The molecule has 3 aliphatic rings. The monoisotopic (exact) mass is 300 g/mol. The van der Waals surface area contributed by atoms with Gasteiger partial charge in [-0.25, -0.2) is 0 Å². The van der Waals surface area contributed by atoms with Crippen LogP contribution in [0.15, 0.2) is 23.0 Å². The van der Waals surface area contributed by atoms with E-state index < -0.39 is 0 Å². The molecule has 0 heterocycles. The molecule has 2 saturated carbocycles. The Labute approximate surface area is 131 Å². The van der Waals surface area contributed by atoms with Crippen LogP contribution >= 0.6 is 0 Å². The maximum atomic E-state index is 12.0. The molecule has 2 fully saturated rings. The van der Waals surface area contributed by atoms with E-state index in [1.54, 1.807) is 12.1 Å². The Morgan fingerprint density at radius 3 is 2.82 bits per heavy atom. The molecule has 0 saturated heterocycles. The molecule has 2 N–H and O–H groups in total. The molecule has 118 valence electrons. The molecule has 22 heavy (non-hydrogen) atoms. The minimum Gasteiger partial charge on any atom is -0.504 e. The third-order valence-electron chi connectivity index (χ3n) is 6.89. The van der Waals surface area contributed by atoms with Crippen LogP contribution in [0.1, 0.15) is 56.1 Å². The van der Waals surface area contributed by atoms with E-state index in [4.69, 9.17) is 0 Å². The summed E-state index contributed by atoms with van der Waals surface area (Å²) in [6.07, 6.45) is 6.09. The van der Waals surface area contributed by atoms with Crippen molar-refractivity contribution in [1.29, 1.82) is 0 Å². The predicted molar refractivity (Wildman–Crippen MR) is 85.0 cm³/mol. The van der Waals surface area contributed by atoms with Crippen molar-refractivity contribution in [2.75, 3.05) is 0 Å². The lowest BCUT2D eigenvalue weighted by molar-refractivity contribution is -0.0225. The zero-order chi connectivity index (χ0) is 15.5. The predicted octanol–water partition coefficient (Wildman–Crippen LogP) is 2.97. The summed E-state index contributed by atoms with van der Waals surface area (Å²) in [4.78, 5) is 12.0. The molecule has 4 rings (SSSR count). The average Bonchev–Trinajstić information content (AvgIpc) is 2.72. The topological polar surface area (TPSA) is 57.5 Å². The van der Waals surface area contributed by atoms with Crippen LogP contribution in [0.2, 0.25) is 0 Å². The number of rotatable bonds is 0. The summed E-state index contributed by atoms with van der Waals surface area (Å²) in [7, 11) is 0. The van der Waals surface area contributed by atoms with Crippen LogP contribution in [0.25, 0.3) is 0 Å². The molecule has 1 aromatic rings. The van der Waals surface area contributed by atoms with Crippen molar-refractivity contribution >= 4 is 0 Å². The lowest BCUT2D eigenvalue weighted by atomic mass is 9.55. The van der Waals surface area contributed by atoms with Crippen LogP contribution in [0, 0.1) is 17.3 Å². The number of aromatic hydroxyl groups is 1. The normalized spacial score (nSPS) is 39.7. The largest absolute Gasteiger partial charge is 0.504 e. The van der Waals surface area contributed by atoms with Gasteiger partial charge in [-0.2, -0.15) is 0 Å². The van der Waals surface area contributed by atoms with Crippen LogP contribution in [0.5, 0.6) is 5.75 Å². The highest BCUT2D eigenvalue weighted by molar-refractivity contribution is 5.37. The number of hydrogen-bond donors (Lipinski definition) is 2. The van der Waals surface area contributed by atoms with Gasteiger partial charge in [-0.3, -0.25) is 4.79 Å². The second-order valence-corrected chi connectivity index (χ2v) is 7.76. The molecule has 0 bridgehead atoms. The summed E-state index contributed by atoms with van der Waals surface area (Å²) in [6.45, 7) is 2.26. The van der Waals surface area contributed by atoms with Gasteiger partial charge in [-0.15, -0.1) is 0 Å². The molecule has 0 unspecified atom stereocenters. The highest BCUT2D eigenvalue weighted by atomic mass is 16.3. The lowest BCUT2D eigenvalue weighted by Crippen LogP contribution is -2.43. The van der Waals surface area contributed by atoms with Gasteiger partial charge in [0, 0.05) is 0 Å². The van der Waals surface area contributed by atoms with Crippen molar-refractivity contribution < 1.29 is 10.2 Å². The first-order chi connectivity index (χ1) is 10.5. The van der Waals surface area contributed by atoms with Gasteiger partial charge in [0.2, 0.25) is 5.43 Å². The zero-order valence-corrected chi connectivity index (χ0v) is 13.1. The van der Waals surface area contributed by atoms with Crippen molar-refractivity contribution in [2.45, 2.75) is 57.5 Å². The molecule has 5 atom stereocenters. The Balaban J connectivity index is 1.78. The van der Waals surface area contributed by atoms with Crippen molar-refractivity contribution in [2.24, 2.45) is 17.3 Å². The smallest absolute Gasteiger partial charge is 0.220 e. The second-order valence-electron chi connectivity index (χ2n) is 7.76. The Hall–Kier alpha value is -1.35. The summed E-state index contributed by atoms with van der Waals surface area (Å²) in [5.41, 5.74) is 2.19. The standard InChI is InChI=1S/C19H24O3/c1-19-9-8-12-13(15(19)5-7-18(19)22)4-2-11-3-6-16(20)17(21)10-14(11)12/h3,6,10,12-13,15,18,22H,2,4-5,7-9H2,1H3,(H,20,21)/t12-,13+,15-,18-,19-/m0/s1. The van der Waals surface area contributed by atoms with Crippen molar-refractivity contribution in [3.05, 3.63) is 39.5 Å². The maximum Gasteiger partial charge on any atom is 0.220 e. The van der Waals surface area contributed by atoms with Gasteiger partial charge in [0.05, 0.1) is 6.10 Å². The highest BCUT2D eigenvalue weighted by Gasteiger charge is 2.54. The van der Waals surface area contributed by atoms with Crippen LogP contribution in [-0.2, 0) is 6.42 Å². The van der Waals surface area contributed by atoms with Crippen molar-refractivity contribution in [3.63, 3.8) is 0 Å². The first-order valence-corrected chi connectivity index (χ1v) is 8.55. The van der Waals surface area contributed by atoms with Gasteiger partial charge in [-0.1, -0.05) is 13.0 Å². The number of hydrogen-bond acceptors (Lipinski definition) is 3. The number of fused-ring (bicyclic) bond motifs is 5. The molecular formula is C19H24O3. The van der Waals surface area contributed by atoms with E-state index in [1.807, 2.05) is 6.07 Å². The second kappa shape index (κ2) is 4.82. The van der Waals surface area contributed by atoms with Crippen LogP contribution in [0.3, 0.4) is 0 Å². The molecule has 0 aliphatic heterocycles. The number of aryl methyl sites for hydroxylation is 1. The lowest BCUT2D eigenvalue weighted by Gasteiger charge is -2.49. The summed E-state index contributed by atoms with van der Waals surface area (Å²) in [5, 5.41) is 20.1. The quantitative estimate of drug-likeness (QED) is 0.774. The summed E-state index contributed by atoms with van der Waals surface area (Å²) < 4.78 is 0. The van der Waals surface area contributed by atoms with Crippen molar-refractivity contribution in [1.82, 2.24) is 0 Å². The van der Waals surface area contributed by atoms with Crippen LogP contribution < -0.4 is 5.43 Å². The van der Waals surface area contributed by atoms with E-state index in [9.17, 15) is 15.0 Å². The van der Waals surface area contributed by atoms with Gasteiger partial charge >= 0.3 is 0 Å². The van der Waals surface area contributed by atoms with E-state index in [2.05, 4.69) is 6.92 Å². The molecule has 0 radical (unpaired) electrons. The Bertz CT molecular complexity index is 668. The van der Waals surface area contributed by atoms with E-state index in [-0.39, 0.29) is 22.7 Å². The van der Waals surface area contributed by atoms with Crippen molar-refractivity contribution in [3.8, 4) is 5.75 Å². The van der Waals surface area contributed by atoms with E-state index in [0.717, 1.165) is 44.1 Å². The fraction of sp³-hybridized carbons (Fsp3) is 0.632. The minimum atomic E-state index is -0.262. The molecule has 3 aliphatic carbocycles. The minimum absolute atomic E-state index is 0.0675. The Morgan fingerprint density at radius 1 is 1.18 bits per heavy atom. The number of aliphatic hydroxyl groups excluding tert-OH is 1. The number of aliphatic hydroxyl groups is 1. The molecular weight excluding hydrogens is 276 g/mol. The maximum absolute atomic E-state index is 12.0. The molecule has 0 amide bonds. The fourth-order valence-electron chi connectivity index (χ4n) is 5.61. The summed E-state index contributed by atoms with van der Waals surface area (Å²) in [6, 6.07) is 5.16. The molecule has 0 spiro atoms.